The van der Waals surface area contributed by atoms with Gasteiger partial charge in [0.25, 0.3) is 0 Å². The number of amides is 1. The summed E-state index contributed by atoms with van der Waals surface area (Å²) in [4.78, 5) is 14.8. The Morgan fingerprint density at radius 3 is 2.55 bits per heavy atom. The number of rotatable bonds is 5. The van der Waals surface area contributed by atoms with Crippen LogP contribution in [0.1, 0.15) is 44.9 Å². The van der Waals surface area contributed by atoms with E-state index in [1.807, 2.05) is 4.90 Å². The lowest BCUT2D eigenvalue weighted by molar-refractivity contribution is -0.153. The SMILES string of the molecule is O=C(C1CCOCC1)N1CCC2(CC1)CC(CCOc1ccc(F)cc1)CCO2. The summed E-state index contributed by atoms with van der Waals surface area (Å²) in [5, 5.41) is 0. The number of benzene rings is 1. The quantitative estimate of drug-likeness (QED) is 0.748. The van der Waals surface area contributed by atoms with Crippen LogP contribution in [0.2, 0.25) is 0 Å². The van der Waals surface area contributed by atoms with E-state index in [0.717, 1.165) is 64.6 Å². The van der Waals surface area contributed by atoms with Crippen LogP contribution in [0.3, 0.4) is 0 Å². The van der Waals surface area contributed by atoms with Crippen LogP contribution in [0.4, 0.5) is 4.39 Å². The molecule has 5 nitrogen and oxygen atoms in total. The van der Waals surface area contributed by atoms with E-state index in [1.165, 1.54) is 12.1 Å². The molecule has 0 N–H and O–H groups in total. The van der Waals surface area contributed by atoms with Gasteiger partial charge in [-0.3, -0.25) is 4.79 Å². The highest BCUT2D eigenvalue weighted by atomic mass is 19.1. The van der Waals surface area contributed by atoms with Gasteiger partial charge in [0.15, 0.2) is 0 Å². The molecule has 0 aromatic heterocycles. The van der Waals surface area contributed by atoms with Crippen molar-refractivity contribution in [1.29, 1.82) is 0 Å². The molecule has 0 bridgehead atoms. The predicted octanol–water partition coefficient (Wildman–Crippen LogP) is 3.81. The summed E-state index contributed by atoms with van der Waals surface area (Å²) in [7, 11) is 0. The van der Waals surface area contributed by atoms with E-state index >= 15 is 0 Å². The van der Waals surface area contributed by atoms with E-state index in [0.29, 0.717) is 37.4 Å². The standard InChI is InChI=1S/C23H32FNO4/c24-20-1-3-21(4-2-20)28-15-5-18-6-16-29-23(17-18)9-11-25(12-10-23)22(26)19-7-13-27-14-8-19/h1-4,18-19H,5-17H2. The Morgan fingerprint density at radius 1 is 1.10 bits per heavy atom. The highest BCUT2D eigenvalue weighted by Crippen LogP contribution is 2.39. The van der Waals surface area contributed by atoms with E-state index in [9.17, 15) is 9.18 Å². The molecule has 3 fully saturated rings. The lowest BCUT2D eigenvalue weighted by Gasteiger charge is -2.47. The number of ether oxygens (including phenoxy) is 3. The summed E-state index contributed by atoms with van der Waals surface area (Å²) >= 11 is 0. The fourth-order valence-corrected chi connectivity index (χ4v) is 4.94. The Balaban J connectivity index is 1.23. The summed E-state index contributed by atoms with van der Waals surface area (Å²) in [6, 6.07) is 6.19. The first-order valence-electron chi connectivity index (χ1n) is 11.0. The van der Waals surface area contributed by atoms with Gasteiger partial charge < -0.3 is 19.1 Å². The minimum atomic E-state index is -0.245. The Bertz CT molecular complexity index is 666. The number of hydrogen-bond donors (Lipinski definition) is 0. The molecule has 29 heavy (non-hydrogen) atoms. The van der Waals surface area contributed by atoms with Crippen LogP contribution in [0, 0.1) is 17.7 Å². The second-order valence-electron chi connectivity index (χ2n) is 8.69. The lowest BCUT2D eigenvalue weighted by atomic mass is 9.78. The summed E-state index contributed by atoms with van der Waals surface area (Å²) in [6.07, 6.45) is 6.64. The zero-order valence-corrected chi connectivity index (χ0v) is 17.1. The number of carbonyl (C=O) groups is 1. The molecule has 0 saturated carbocycles. The van der Waals surface area contributed by atoms with Crippen molar-refractivity contribution in [2.75, 3.05) is 39.5 Å². The second kappa shape index (κ2) is 9.43. The van der Waals surface area contributed by atoms with Crippen molar-refractivity contribution in [2.45, 2.75) is 50.5 Å². The largest absolute Gasteiger partial charge is 0.494 e. The smallest absolute Gasteiger partial charge is 0.225 e. The van der Waals surface area contributed by atoms with E-state index in [1.54, 1.807) is 12.1 Å². The normalized spacial score (nSPS) is 25.1. The zero-order chi connectivity index (χ0) is 20.1. The number of halogens is 1. The molecule has 3 heterocycles. The van der Waals surface area contributed by atoms with Gasteiger partial charge >= 0.3 is 0 Å². The van der Waals surface area contributed by atoms with Crippen molar-refractivity contribution >= 4 is 5.91 Å². The van der Waals surface area contributed by atoms with Gasteiger partial charge in [0.1, 0.15) is 11.6 Å². The molecule has 160 valence electrons. The molecule has 3 aliphatic rings. The van der Waals surface area contributed by atoms with E-state index in [2.05, 4.69) is 0 Å². The molecule has 3 saturated heterocycles. The first-order chi connectivity index (χ1) is 14.1. The molecule has 1 atom stereocenters. The molecular formula is C23H32FNO4. The minimum absolute atomic E-state index is 0.0781. The maximum atomic E-state index is 13.0. The monoisotopic (exact) mass is 405 g/mol. The van der Waals surface area contributed by atoms with Crippen molar-refractivity contribution in [1.82, 2.24) is 4.90 Å². The van der Waals surface area contributed by atoms with Crippen molar-refractivity contribution in [3.8, 4) is 5.75 Å². The van der Waals surface area contributed by atoms with Crippen LogP contribution in [0.15, 0.2) is 24.3 Å². The topological polar surface area (TPSA) is 48.0 Å². The van der Waals surface area contributed by atoms with Gasteiger partial charge in [0.2, 0.25) is 5.91 Å². The highest BCUT2D eigenvalue weighted by molar-refractivity contribution is 5.79. The maximum absolute atomic E-state index is 13.0. The third-order valence-electron chi connectivity index (χ3n) is 6.76. The molecule has 1 spiro atoms. The van der Waals surface area contributed by atoms with Crippen LogP contribution in [-0.4, -0.2) is 55.9 Å². The Labute approximate surface area is 172 Å². The Hall–Kier alpha value is -1.66. The fraction of sp³-hybridized carbons (Fsp3) is 0.696. The number of carbonyl (C=O) groups excluding carboxylic acids is 1. The molecule has 1 aromatic rings. The van der Waals surface area contributed by atoms with Gasteiger partial charge in [-0.1, -0.05) is 0 Å². The molecule has 1 amide bonds. The van der Waals surface area contributed by atoms with E-state index < -0.39 is 0 Å². The van der Waals surface area contributed by atoms with Crippen molar-refractivity contribution in [2.24, 2.45) is 11.8 Å². The van der Waals surface area contributed by atoms with Gasteiger partial charge in [-0.05, 0) is 75.1 Å². The average Bonchev–Trinajstić information content (AvgIpc) is 2.76. The fourth-order valence-electron chi connectivity index (χ4n) is 4.94. The van der Waals surface area contributed by atoms with Crippen LogP contribution in [0.5, 0.6) is 5.75 Å². The minimum Gasteiger partial charge on any atom is -0.494 e. The molecular weight excluding hydrogens is 373 g/mol. The first-order valence-corrected chi connectivity index (χ1v) is 11.0. The summed E-state index contributed by atoms with van der Waals surface area (Å²) in [5.74, 6) is 1.49. The lowest BCUT2D eigenvalue weighted by Crippen LogP contribution is -2.52. The third-order valence-corrected chi connectivity index (χ3v) is 6.76. The van der Waals surface area contributed by atoms with Gasteiger partial charge in [-0.15, -0.1) is 0 Å². The van der Waals surface area contributed by atoms with Crippen LogP contribution in [-0.2, 0) is 14.3 Å². The van der Waals surface area contributed by atoms with Crippen molar-refractivity contribution in [3.05, 3.63) is 30.1 Å². The molecule has 0 aliphatic carbocycles. The third kappa shape index (κ3) is 5.28. The van der Waals surface area contributed by atoms with Crippen molar-refractivity contribution < 1.29 is 23.4 Å². The van der Waals surface area contributed by atoms with Crippen LogP contribution >= 0.6 is 0 Å². The molecule has 0 radical (unpaired) electrons. The van der Waals surface area contributed by atoms with Crippen LogP contribution in [0.25, 0.3) is 0 Å². The van der Waals surface area contributed by atoms with Gasteiger partial charge in [-0.25, -0.2) is 4.39 Å². The van der Waals surface area contributed by atoms with E-state index in [-0.39, 0.29) is 17.3 Å². The second-order valence-corrected chi connectivity index (χ2v) is 8.69. The summed E-state index contributed by atoms with van der Waals surface area (Å²) < 4.78 is 30.4. The van der Waals surface area contributed by atoms with E-state index in [4.69, 9.17) is 14.2 Å². The van der Waals surface area contributed by atoms with Crippen molar-refractivity contribution in [3.63, 3.8) is 0 Å². The zero-order valence-electron chi connectivity index (χ0n) is 17.1. The molecule has 1 aromatic carbocycles. The predicted molar refractivity (Wildman–Crippen MR) is 107 cm³/mol. The van der Waals surface area contributed by atoms with Gasteiger partial charge in [0.05, 0.1) is 12.2 Å². The molecule has 1 unspecified atom stereocenters. The maximum Gasteiger partial charge on any atom is 0.225 e. The summed E-state index contributed by atoms with van der Waals surface area (Å²) in [6.45, 7) is 4.44. The van der Waals surface area contributed by atoms with Gasteiger partial charge in [-0.2, -0.15) is 0 Å². The average molecular weight is 406 g/mol. The number of nitrogens with zero attached hydrogens (tertiary/aromatic N) is 1. The molecule has 6 heteroatoms. The number of piperidine rings is 1. The van der Waals surface area contributed by atoms with Crippen LogP contribution < -0.4 is 4.74 Å². The Morgan fingerprint density at radius 2 is 1.83 bits per heavy atom. The number of likely N-dealkylation sites (tertiary alicyclic amines) is 1. The highest BCUT2D eigenvalue weighted by Gasteiger charge is 2.41. The first kappa shape index (κ1) is 20.6. The molecule has 3 aliphatic heterocycles. The molecule has 4 rings (SSSR count). The summed E-state index contributed by atoms with van der Waals surface area (Å²) in [5.41, 5.74) is -0.0781. The Kier molecular flexibility index (Phi) is 6.70. The number of hydrogen-bond acceptors (Lipinski definition) is 4. The van der Waals surface area contributed by atoms with Gasteiger partial charge in [0, 0.05) is 38.8 Å².